The Kier molecular flexibility index (Phi) is 3.23. The van der Waals surface area contributed by atoms with E-state index in [-0.39, 0.29) is 5.69 Å². The maximum absolute atomic E-state index is 12.7. The van der Waals surface area contributed by atoms with Crippen LogP contribution in [0.5, 0.6) is 0 Å². The van der Waals surface area contributed by atoms with Crippen LogP contribution in [-0.2, 0) is 10.8 Å². The number of hydrogen-bond acceptors (Lipinski definition) is 4. The van der Waals surface area contributed by atoms with Gasteiger partial charge in [-0.05, 0) is 23.3 Å². The van der Waals surface area contributed by atoms with Crippen LogP contribution in [-0.4, -0.2) is 15.4 Å². The van der Waals surface area contributed by atoms with E-state index < -0.39 is 15.7 Å². The van der Waals surface area contributed by atoms with E-state index in [1.54, 1.807) is 30.4 Å². The molecule has 1 heterocycles. The normalized spacial score (nSPS) is 15.7. The zero-order valence-electron chi connectivity index (χ0n) is 10.7. The van der Waals surface area contributed by atoms with E-state index in [1.165, 1.54) is 18.2 Å². The van der Waals surface area contributed by atoms with Crippen LogP contribution in [0.2, 0.25) is 0 Å². The third-order valence-electron chi connectivity index (χ3n) is 3.22. The van der Waals surface area contributed by atoms with Gasteiger partial charge in [-0.15, -0.1) is 0 Å². The zero-order valence-corrected chi connectivity index (χ0v) is 11.5. The highest BCUT2D eigenvalue weighted by Gasteiger charge is 2.19. The van der Waals surface area contributed by atoms with Crippen LogP contribution in [0.15, 0.2) is 46.2 Å². The lowest BCUT2D eigenvalue weighted by molar-refractivity contribution is -0.384. The number of hydrogen-bond donors (Lipinski definition) is 0. The lowest BCUT2D eigenvalue weighted by Gasteiger charge is -2.06. The monoisotopic (exact) mass is 299 g/mol. The van der Waals surface area contributed by atoms with Crippen LogP contribution >= 0.6 is 0 Å². The molecule has 0 amide bonds. The first-order valence-corrected chi connectivity index (χ1v) is 7.22. The summed E-state index contributed by atoms with van der Waals surface area (Å²) in [7, 11) is -1.48. The first-order chi connectivity index (χ1) is 10.1. The molecule has 0 saturated heterocycles. The minimum Gasteiger partial charge on any atom is -0.298 e. The first-order valence-electron chi connectivity index (χ1n) is 6.07. The van der Waals surface area contributed by atoms with Crippen molar-refractivity contribution in [3.8, 4) is 0 Å². The van der Waals surface area contributed by atoms with E-state index in [4.69, 9.17) is 0 Å². The van der Waals surface area contributed by atoms with Crippen LogP contribution in [0.3, 0.4) is 0 Å². The van der Waals surface area contributed by atoms with Crippen molar-refractivity contribution in [2.75, 3.05) is 0 Å². The molecule has 5 nitrogen and oxygen atoms in total. The molecule has 1 aliphatic heterocycles. The van der Waals surface area contributed by atoms with Crippen molar-refractivity contribution in [1.82, 2.24) is 0 Å². The predicted octanol–water partition coefficient (Wildman–Crippen LogP) is 3.06. The number of nitrogens with zero attached hydrogens (tertiary/aromatic N) is 1. The van der Waals surface area contributed by atoms with Gasteiger partial charge in [-0.2, -0.15) is 0 Å². The topological polar surface area (TPSA) is 77.3 Å². The van der Waals surface area contributed by atoms with Crippen molar-refractivity contribution >= 4 is 34.9 Å². The summed E-state index contributed by atoms with van der Waals surface area (Å²) in [6.45, 7) is 0. The van der Waals surface area contributed by atoms with Crippen molar-refractivity contribution in [1.29, 1.82) is 0 Å². The lowest BCUT2D eigenvalue weighted by atomic mass is 10.1. The minimum absolute atomic E-state index is 0.0464. The Balaban J connectivity index is 2.20. The minimum atomic E-state index is -1.48. The average molecular weight is 299 g/mol. The van der Waals surface area contributed by atoms with Gasteiger partial charge in [0.1, 0.15) is 6.29 Å². The van der Waals surface area contributed by atoms with Gasteiger partial charge >= 0.3 is 0 Å². The van der Waals surface area contributed by atoms with Crippen molar-refractivity contribution in [2.24, 2.45) is 0 Å². The van der Waals surface area contributed by atoms with Gasteiger partial charge in [0.05, 0.1) is 25.5 Å². The fraction of sp³-hybridized carbons (Fsp3) is 0. The molecule has 1 unspecified atom stereocenters. The number of benzene rings is 2. The Bertz CT molecular complexity index is 826. The molecular formula is C15H9NO4S. The zero-order chi connectivity index (χ0) is 15.0. The summed E-state index contributed by atoms with van der Waals surface area (Å²) in [5.41, 5.74) is 1.68. The Morgan fingerprint density at radius 3 is 2.48 bits per heavy atom. The van der Waals surface area contributed by atoms with Crippen LogP contribution < -0.4 is 0 Å². The number of rotatable bonds is 2. The summed E-state index contributed by atoms with van der Waals surface area (Å²) < 4.78 is 12.7. The largest absolute Gasteiger partial charge is 0.298 e. The summed E-state index contributed by atoms with van der Waals surface area (Å²) in [4.78, 5) is 22.2. The van der Waals surface area contributed by atoms with Crippen LogP contribution in [0.4, 0.5) is 5.69 Å². The van der Waals surface area contributed by atoms with Gasteiger partial charge in [-0.1, -0.05) is 24.3 Å². The van der Waals surface area contributed by atoms with E-state index >= 15 is 0 Å². The quantitative estimate of drug-likeness (QED) is 0.414. The van der Waals surface area contributed by atoms with Gasteiger partial charge in [0.25, 0.3) is 5.69 Å². The molecule has 1 aliphatic rings. The number of carbonyl (C=O) groups excluding carboxylic acids is 1. The predicted molar refractivity (Wildman–Crippen MR) is 78.5 cm³/mol. The van der Waals surface area contributed by atoms with Gasteiger partial charge in [0, 0.05) is 17.7 Å². The second-order valence-electron chi connectivity index (χ2n) is 4.50. The molecule has 104 valence electrons. The fourth-order valence-corrected chi connectivity index (χ4v) is 3.53. The van der Waals surface area contributed by atoms with Crippen molar-refractivity contribution < 1.29 is 13.9 Å². The molecule has 6 heteroatoms. The lowest BCUT2D eigenvalue weighted by Crippen LogP contribution is -1.98. The van der Waals surface area contributed by atoms with Crippen molar-refractivity contribution in [3.05, 3.63) is 63.2 Å². The van der Waals surface area contributed by atoms with E-state index in [0.717, 1.165) is 5.56 Å². The average Bonchev–Trinajstić information content (AvgIpc) is 2.64. The highest BCUT2D eigenvalue weighted by Crippen LogP contribution is 2.31. The molecular weight excluding hydrogens is 290 g/mol. The summed E-state index contributed by atoms with van der Waals surface area (Å²) in [6, 6.07) is 9.17. The van der Waals surface area contributed by atoms with Gasteiger partial charge in [-0.25, -0.2) is 4.21 Å². The molecule has 3 rings (SSSR count). The third kappa shape index (κ3) is 2.30. The second-order valence-corrected chi connectivity index (χ2v) is 5.91. The van der Waals surface area contributed by atoms with Gasteiger partial charge in [0.15, 0.2) is 0 Å². The third-order valence-corrected chi connectivity index (χ3v) is 4.74. The van der Waals surface area contributed by atoms with Crippen LogP contribution in [0.1, 0.15) is 21.5 Å². The van der Waals surface area contributed by atoms with Gasteiger partial charge in [0.2, 0.25) is 0 Å². The maximum atomic E-state index is 12.7. The highest BCUT2D eigenvalue weighted by atomic mass is 32.2. The number of nitro groups is 1. The molecule has 2 aromatic rings. The number of aldehydes is 1. The summed E-state index contributed by atoms with van der Waals surface area (Å²) in [5, 5.41) is 10.8. The molecule has 0 spiro atoms. The summed E-state index contributed by atoms with van der Waals surface area (Å²) >= 11 is 0. The van der Waals surface area contributed by atoms with E-state index in [9.17, 15) is 19.1 Å². The molecule has 0 bridgehead atoms. The van der Waals surface area contributed by atoms with Crippen LogP contribution in [0, 0.1) is 10.1 Å². The molecule has 0 N–H and O–H groups in total. The maximum Gasteiger partial charge on any atom is 0.270 e. The fourth-order valence-electron chi connectivity index (χ4n) is 2.17. The van der Waals surface area contributed by atoms with Crippen molar-refractivity contribution in [3.63, 3.8) is 0 Å². The first kappa shape index (κ1) is 13.4. The number of fused-ring (bicyclic) bond motifs is 2. The number of non-ortho nitro benzene ring substituents is 1. The van der Waals surface area contributed by atoms with Gasteiger partial charge in [-0.3, -0.25) is 14.9 Å². The number of nitro benzene ring substituents is 1. The molecule has 0 saturated carbocycles. The van der Waals surface area contributed by atoms with Gasteiger partial charge < -0.3 is 0 Å². The van der Waals surface area contributed by atoms with Crippen molar-refractivity contribution in [2.45, 2.75) is 9.79 Å². The summed E-state index contributed by atoms with van der Waals surface area (Å²) in [5.74, 6) is 0. The second kappa shape index (κ2) is 5.06. The number of carbonyl (C=O) groups is 1. The standard InChI is InChI=1S/C15H9NO4S/c17-9-10-1-2-11-3-4-12-8-13(16(18)19)5-6-14(12)21(20)15(11)7-10/h1-9H. The Morgan fingerprint density at radius 2 is 1.76 bits per heavy atom. The Hall–Kier alpha value is -2.60. The van der Waals surface area contributed by atoms with E-state index in [0.29, 0.717) is 27.2 Å². The van der Waals surface area contributed by atoms with Crippen LogP contribution in [0.25, 0.3) is 12.2 Å². The molecule has 0 aromatic heterocycles. The Labute approximate surface area is 122 Å². The Morgan fingerprint density at radius 1 is 1.00 bits per heavy atom. The molecule has 1 atom stereocenters. The SMILES string of the molecule is O=Cc1ccc2c(c1)S(=O)c1ccc([N+](=O)[O-])cc1C=C2. The molecule has 0 radical (unpaired) electrons. The summed E-state index contributed by atoms with van der Waals surface area (Å²) in [6.07, 6.45) is 4.15. The smallest absolute Gasteiger partial charge is 0.270 e. The molecule has 2 aromatic carbocycles. The van der Waals surface area contributed by atoms with E-state index in [2.05, 4.69) is 0 Å². The molecule has 0 fully saturated rings. The molecule has 0 aliphatic carbocycles. The van der Waals surface area contributed by atoms with E-state index in [1.807, 2.05) is 0 Å². The molecule has 21 heavy (non-hydrogen) atoms. The highest BCUT2D eigenvalue weighted by molar-refractivity contribution is 7.85.